The molecule has 0 bridgehead atoms. The number of nitrogens with one attached hydrogen (secondary N) is 3. The van der Waals surface area contributed by atoms with Crippen LogP contribution in [0.3, 0.4) is 0 Å². The van der Waals surface area contributed by atoms with Gasteiger partial charge in [0.25, 0.3) is 0 Å². The molecule has 1 saturated heterocycles. The van der Waals surface area contributed by atoms with Crippen LogP contribution in [0, 0.1) is 11.8 Å². The van der Waals surface area contributed by atoms with Crippen molar-refractivity contribution in [3.8, 4) is 0 Å². The van der Waals surface area contributed by atoms with Crippen molar-refractivity contribution in [1.82, 2.24) is 16.0 Å². The van der Waals surface area contributed by atoms with Crippen LogP contribution < -0.4 is 45.5 Å². The number of aliphatic hydroxyl groups excluding tert-OH is 1. The molecule has 1 heterocycles. The van der Waals surface area contributed by atoms with Gasteiger partial charge in [0.2, 0.25) is 11.8 Å². The topological polar surface area (TPSA) is 174 Å². The fraction of sp³-hybridized carbons (Fsp3) is 0.571. The van der Waals surface area contributed by atoms with Gasteiger partial charge < -0.3 is 30.3 Å². The molecule has 2 unspecified atom stereocenters. The third-order valence-electron chi connectivity index (χ3n) is 5.76. The predicted octanol–water partition coefficient (Wildman–Crippen LogP) is -3.04. The van der Waals surface area contributed by atoms with Gasteiger partial charge in [0.05, 0.1) is 6.04 Å². The molecule has 1 aromatic rings. The van der Waals surface area contributed by atoms with Crippen molar-refractivity contribution in [2.24, 2.45) is 11.8 Å². The predicted molar refractivity (Wildman–Crippen MR) is 114 cm³/mol. The fourth-order valence-corrected chi connectivity index (χ4v) is 4.31. The summed E-state index contributed by atoms with van der Waals surface area (Å²) in [6.07, 6.45) is 1.38. The molecule has 1 aromatic carbocycles. The van der Waals surface area contributed by atoms with Crippen molar-refractivity contribution in [2.45, 2.75) is 56.2 Å². The maximum atomic E-state index is 12.9. The Balaban J connectivity index is 0.00000408. The average Bonchev–Trinajstić information content (AvgIpc) is 3.50. The second-order valence-corrected chi connectivity index (χ2v) is 9.92. The summed E-state index contributed by atoms with van der Waals surface area (Å²) in [7, 11) is -5.16. The Labute approximate surface area is 220 Å². The first-order valence-electron chi connectivity index (χ1n) is 10.8. The van der Waals surface area contributed by atoms with Gasteiger partial charge in [-0.3, -0.25) is 9.59 Å². The number of carbonyl (C=O) groups is 3. The van der Waals surface area contributed by atoms with Gasteiger partial charge in [0.1, 0.15) is 22.8 Å². The maximum absolute atomic E-state index is 12.9. The van der Waals surface area contributed by atoms with Gasteiger partial charge in [0, 0.05) is 12.5 Å². The first-order valence-corrected chi connectivity index (χ1v) is 12.3. The van der Waals surface area contributed by atoms with Crippen LogP contribution in [0.25, 0.3) is 0 Å². The molecular weight excluding hydrogens is 477 g/mol. The molecule has 11 nitrogen and oxygen atoms in total. The van der Waals surface area contributed by atoms with E-state index in [0.29, 0.717) is 19.4 Å². The number of ether oxygens (including phenoxy) is 1. The minimum absolute atomic E-state index is 0. The number of carbonyl (C=O) groups excluding carboxylic acids is 3. The maximum Gasteiger partial charge on any atom is 1.00 e. The molecule has 13 heteroatoms. The normalized spacial score (nSPS) is 20.3. The molecule has 3 rings (SSSR count). The zero-order valence-electron chi connectivity index (χ0n) is 18.9. The summed E-state index contributed by atoms with van der Waals surface area (Å²) < 4.78 is 39.4. The molecule has 34 heavy (non-hydrogen) atoms. The standard InChI is InChI=1S/C21H29N3O8S.Na/c25-18-15(8-9-22-18)11-17(20(27)33(29,30)31)23-19(26)16(10-13-6-7-13)24-21(28)32-12-14-4-2-1-3-5-14;/h1-5,13,15-17,20,27H,6-12H2,(H,22,25)(H,23,26)(H,24,28)(H,29,30,31);/q;+1/p-1/t15?,16-,17-,20?;/m0./s1. The quantitative estimate of drug-likeness (QED) is 0.181. The van der Waals surface area contributed by atoms with E-state index in [0.717, 1.165) is 18.4 Å². The first kappa shape index (κ1) is 28.5. The molecule has 0 radical (unpaired) electrons. The van der Waals surface area contributed by atoms with Gasteiger partial charge in [-0.2, -0.15) is 0 Å². The summed E-state index contributed by atoms with van der Waals surface area (Å²) in [5, 5.41) is 17.5. The second kappa shape index (κ2) is 12.8. The van der Waals surface area contributed by atoms with E-state index in [9.17, 15) is 32.5 Å². The van der Waals surface area contributed by atoms with E-state index in [-0.39, 0.29) is 54.4 Å². The molecular formula is C21H28N3NaO8S. The molecule has 4 atom stereocenters. The van der Waals surface area contributed by atoms with E-state index in [4.69, 9.17) is 4.74 Å². The van der Waals surface area contributed by atoms with E-state index in [1.54, 1.807) is 24.3 Å². The number of aliphatic hydroxyl groups is 1. The largest absolute Gasteiger partial charge is 1.00 e. The van der Waals surface area contributed by atoms with Crippen LogP contribution in [0.4, 0.5) is 4.79 Å². The van der Waals surface area contributed by atoms with Crippen molar-refractivity contribution in [3.05, 3.63) is 35.9 Å². The van der Waals surface area contributed by atoms with E-state index >= 15 is 0 Å². The minimum Gasteiger partial charge on any atom is -0.746 e. The van der Waals surface area contributed by atoms with Crippen LogP contribution >= 0.6 is 0 Å². The monoisotopic (exact) mass is 505 g/mol. The molecule has 3 amide bonds. The van der Waals surface area contributed by atoms with Crippen molar-refractivity contribution >= 4 is 28.0 Å². The smallest absolute Gasteiger partial charge is 0.746 e. The molecule has 2 fully saturated rings. The van der Waals surface area contributed by atoms with E-state index in [1.165, 1.54) is 0 Å². The number of benzene rings is 1. The summed E-state index contributed by atoms with van der Waals surface area (Å²) >= 11 is 0. The number of amides is 3. The van der Waals surface area contributed by atoms with E-state index < -0.39 is 45.6 Å². The molecule has 1 saturated carbocycles. The van der Waals surface area contributed by atoms with Gasteiger partial charge in [-0.05, 0) is 30.7 Å². The van der Waals surface area contributed by atoms with Gasteiger partial charge in [-0.15, -0.1) is 0 Å². The summed E-state index contributed by atoms with van der Waals surface area (Å²) in [4.78, 5) is 37.1. The molecule has 2 aliphatic rings. The number of rotatable bonds is 11. The van der Waals surface area contributed by atoms with Crippen LogP contribution in [-0.2, 0) is 31.1 Å². The Kier molecular flexibility index (Phi) is 10.8. The Morgan fingerprint density at radius 3 is 2.38 bits per heavy atom. The van der Waals surface area contributed by atoms with E-state index in [2.05, 4.69) is 16.0 Å². The summed E-state index contributed by atoms with van der Waals surface area (Å²) in [5.41, 5.74) is -1.67. The van der Waals surface area contributed by atoms with Crippen LogP contribution in [0.15, 0.2) is 30.3 Å². The van der Waals surface area contributed by atoms with Crippen molar-refractivity contribution < 1.29 is 66.8 Å². The fourth-order valence-electron chi connectivity index (χ4n) is 3.73. The molecule has 0 aromatic heterocycles. The Morgan fingerprint density at radius 2 is 1.82 bits per heavy atom. The van der Waals surface area contributed by atoms with Crippen LogP contribution in [0.5, 0.6) is 0 Å². The molecule has 0 spiro atoms. The third-order valence-corrected chi connectivity index (χ3v) is 6.68. The number of hydrogen-bond donors (Lipinski definition) is 4. The second-order valence-electron chi connectivity index (χ2n) is 8.45. The Morgan fingerprint density at radius 1 is 1.15 bits per heavy atom. The number of hydrogen-bond acceptors (Lipinski definition) is 8. The molecule has 4 N–H and O–H groups in total. The average molecular weight is 506 g/mol. The van der Waals surface area contributed by atoms with Crippen molar-refractivity contribution in [3.63, 3.8) is 0 Å². The first-order chi connectivity index (χ1) is 15.6. The van der Waals surface area contributed by atoms with Gasteiger partial charge in [-0.1, -0.05) is 43.2 Å². The Hall–Kier alpha value is -1.70. The minimum atomic E-state index is -5.16. The zero-order chi connectivity index (χ0) is 24.0. The molecule has 1 aliphatic heterocycles. The zero-order valence-corrected chi connectivity index (χ0v) is 21.8. The molecule has 1 aliphatic carbocycles. The summed E-state index contributed by atoms with van der Waals surface area (Å²) in [6, 6.07) is 6.40. The van der Waals surface area contributed by atoms with E-state index in [1.807, 2.05) is 6.07 Å². The van der Waals surface area contributed by atoms with Crippen molar-refractivity contribution in [1.29, 1.82) is 0 Å². The van der Waals surface area contributed by atoms with Crippen LogP contribution in [-0.4, -0.2) is 60.0 Å². The summed E-state index contributed by atoms with van der Waals surface area (Å²) in [5.74, 6) is -1.55. The van der Waals surface area contributed by atoms with Crippen LogP contribution in [0.2, 0.25) is 0 Å². The van der Waals surface area contributed by atoms with Crippen molar-refractivity contribution in [2.75, 3.05) is 6.54 Å². The number of alkyl carbamates (subject to hydrolysis) is 1. The van der Waals surface area contributed by atoms with Gasteiger partial charge in [-0.25, -0.2) is 13.2 Å². The summed E-state index contributed by atoms with van der Waals surface area (Å²) in [6.45, 7) is 0.375. The SMILES string of the molecule is O=C(N[C@@H](CC1CC1)C(=O)N[C@@H](CC1CCNC1=O)C(O)S(=O)(=O)[O-])OCc1ccccc1.[Na+]. The van der Waals surface area contributed by atoms with Gasteiger partial charge in [0.15, 0.2) is 5.44 Å². The third kappa shape index (κ3) is 8.82. The van der Waals surface area contributed by atoms with Crippen LogP contribution in [0.1, 0.15) is 37.7 Å². The Bertz CT molecular complexity index is 958. The molecule has 182 valence electrons. The van der Waals surface area contributed by atoms with Gasteiger partial charge >= 0.3 is 35.7 Å².